The van der Waals surface area contributed by atoms with Gasteiger partial charge in [-0.25, -0.2) is 0 Å². The SMILES string of the molecule is CCCCCCCCCCCCCCCCCCC[SiH](CCCCCCCCCCCCCCCCCCC)CCCCCCCCCCCCCCCCCCC. The van der Waals surface area contributed by atoms with Crippen molar-refractivity contribution in [3.63, 3.8) is 0 Å². The van der Waals surface area contributed by atoms with E-state index in [0.29, 0.717) is 0 Å². The maximum Gasteiger partial charge on any atom is 0.0367 e. The highest BCUT2D eigenvalue weighted by Crippen LogP contribution is 2.22. The van der Waals surface area contributed by atoms with Crippen LogP contribution in [0.2, 0.25) is 18.1 Å². The monoisotopic (exact) mass is 831 g/mol. The summed E-state index contributed by atoms with van der Waals surface area (Å²) < 4.78 is 0. The van der Waals surface area contributed by atoms with Gasteiger partial charge in [0.15, 0.2) is 0 Å². The standard InChI is InChI=1S/C57H118Si/c1-4-7-10-13-16-19-22-25-28-31-34-37-40-43-46-49-52-55-58(56-53-50-47-44-41-38-35-32-29-26-23-20-17-14-11-8-5-2)57-54-51-48-45-42-39-36-33-30-27-24-21-18-15-12-9-6-3/h58H,4-57H2,1-3H3. The van der Waals surface area contributed by atoms with E-state index in [4.69, 9.17) is 0 Å². The van der Waals surface area contributed by atoms with Crippen molar-refractivity contribution in [1.82, 2.24) is 0 Å². The van der Waals surface area contributed by atoms with Gasteiger partial charge < -0.3 is 0 Å². The van der Waals surface area contributed by atoms with Crippen LogP contribution in [0.25, 0.3) is 0 Å². The van der Waals surface area contributed by atoms with E-state index >= 15 is 0 Å². The molecule has 0 amide bonds. The average molecular weight is 832 g/mol. The van der Waals surface area contributed by atoms with Gasteiger partial charge in [0.1, 0.15) is 0 Å². The van der Waals surface area contributed by atoms with Gasteiger partial charge >= 0.3 is 0 Å². The van der Waals surface area contributed by atoms with Gasteiger partial charge in [0.2, 0.25) is 0 Å². The van der Waals surface area contributed by atoms with Crippen LogP contribution in [-0.4, -0.2) is 8.80 Å². The fraction of sp³-hybridized carbons (Fsp3) is 1.00. The molecule has 0 aliphatic carbocycles. The van der Waals surface area contributed by atoms with E-state index in [-0.39, 0.29) is 0 Å². The van der Waals surface area contributed by atoms with E-state index in [2.05, 4.69) is 20.8 Å². The minimum Gasteiger partial charge on any atom is -0.0654 e. The minimum absolute atomic E-state index is 0.518. The molecule has 0 saturated heterocycles. The molecule has 350 valence electrons. The van der Waals surface area contributed by atoms with Crippen LogP contribution in [0.15, 0.2) is 0 Å². The number of hydrogen-bond acceptors (Lipinski definition) is 0. The van der Waals surface area contributed by atoms with Crippen molar-refractivity contribution in [3.8, 4) is 0 Å². The van der Waals surface area contributed by atoms with Gasteiger partial charge in [-0.15, -0.1) is 0 Å². The molecule has 0 spiro atoms. The van der Waals surface area contributed by atoms with Crippen molar-refractivity contribution in [3.05, 3.63) is 0 Å². The van der Waals surface area contributed by atoms with Crippen LogP contribution in [0.1, 0.15) is 348 Å². The molecule has 0 nitrogen and oxygen atoms in total. The number of unbranched alkanes of at least 4 members (excludes halogenated alkanes) is 48. The Bertz CT molecular complexity index is 582. The maximum atomic E-state index is 2.32. The summed E-state index contributed by atoms with van der Waals surface area (Å²) in [5.41, 5.74) is 0. The average Bonchev–Trinajstić information content (AvgIpc) is 3.23. The molecule has 0 atom stereocenters. The Hall–Kier alpha value is 0.217. The Balaban J connectivity index is 3.95. The molecule has 0 aliphatic rings. The van der Waals surface area contributed by atoms with E-state index in [1.165, 1.54) is 289 Å². The second kappa shape index (κ2) is 55.2. The van der Waals surface area contributed by atoms with Crippen LogP contribution in [0, 0.1) is 0 Å². The minimum atomic E-state index is -0.518. The zero-order valence-electron chi connectivity index (χ0n) is 41.8. The summed E-state index contributed by atoms with van der Waals surface area (Å²) in [6.07, 6.45) is 76.3. The topological polar surface area (TPSA) is 0 Å². The highest BCUT2D eigenvalue weighted by Gasteiger charge is 2.10. The zero-order valence-corrected chi connectivity index (χ0v) is 42.9. The van der Waals surface area contributed by atoms with Gasteiger partial charge in [-0.2, -0.15) is 0 Å². The quantitative estimate of drug-likeness (QED) is 0.0423. The zero-order chi connectivity index (χ0) is 41.8. The molecule has 1 heteroatoms. The molecule has 0 aromatic heterocycles. The number of rotatable bonds is 54. The van der Waals surface area contributed by atoms with E-state index in [1.54, 1.807) is 56.7 Å². The second-order valence-electron chi connectivity index (χ2n) is 20.2. The van der Waals surface area contributed by atoms with Gasteiger partial charge in [0, 0.05) is 8.80 Å². The van der Waals surface area contributed by atoms with Gasteiger partial charge in [-0.3, -0.25) is 0 Å². The fourth-order valence-corrected chi connectivity index (χ4v) is 13.4. The highest BCUT2D eigenvalue weighted by molar-refractivity contribution is 6.58. The van der Waals surface area contributed by atoms with Crippen LogP contribution >= 0.6 is 0 Å². The van der Waals surface area contributed by atoms with Crippen LogP contribution in [-0.2, 0) is 0 Å². The largest absolute Gasteiger partial charge is 0.0654 e. The first-order valence-electron chi connectivity index (χ1n) is 28.8. The lowest BCUT2D eigenvalue weighted by atomic mass is 10.0. The van der Waals surface area contributed by atoms with Crippen molar-refractivity contribution in [2.24, 2.45) is 0 Å². The summed E-state index contributed by atoms with van der Waals surface area (Å²) >= 11 is 0. The Morgan fingerprint density at radius 3 is 0.362 bits per heavy atom. The van der Waals surface area contributed by atoms with Crippen molar-refractivity contribution in [2.75, 3.05) is 0 Å². The third-order valence-corrected chi connectivity index (χ3v) is 17.8. The Morgan fingerprint density at radius 1 is 0.138 bits per heavy atom. The van der Waals surface area contributed by atoms with E-state index < -0.39 is 8.80 Å². The van der Waals surface area contributed by atoms with Crippen LogP contribution in [0.4, 0.5) is 0 Å². The molecule has 0 fully saturated rings. The molecular formula is C57H118Si. The van der Waals surface area contributed by atoms with Gasteiger partial charge in [-0.05, 0) is 0 Å². The summed E-state index contributed by atoms with van der Waals surface area (Å²) in [5.74, 6) is 0. The molecule has 0 N–H and O–H groups in total. The maximum absolute atomic E-state index is 2.32. The molecular weight excluding hydrogens is 713 g/mol. The molecule has 0 rings (SSSR count). The van der Waals surface area contributed by atoms with Crippen LogP contribution < -0.4 is 0 Å². The predicted octanol–water partition coefficient (Wildman–Crippen LogP) is 22.2. The second-order valence-corrected chi connectivity index (χ2v) is 23.7. The normalized spacial score (nSPS) is 11.8. The van der Waals surface area contributed by atoms with E-state index in [9.17, 15) is 0 Å². The third-order valence-electron chi connectivity index (χ3n) is 14.1. The first-order valence-corrected chi connectivity index (χ1v) is 31.3. The lowest BCUT2D eigenvalue weighted by Gasteiger charge is -2.15. The lowest BCUT2D eigenvalue weighted by Crippen LogP contribution is -2.12. The summed E-state index contributed by atoms with van der Waals surface area (Å²) in [6, 6.07) is 5.03. The lowest BCUT2D eigenvalue weighted by molar-refractivity contribution is 0.527. The Morgan fingerprint density at radius 2 is 0.241 bits per heavy atom. The molecule has 0 radical (unpaired) electrons. The molecule has 0 saturated carbocycles. The van der Waals surface area contributed by atoms with Crippen molar-refractivity contribution in [1.29, 1.82) is 0 Å². The van der Waals surface area contributed by atoms with Crippen LogP contribution in [0.5, 0.6) is 0 Å². The Kier molecular flexibility index (Phi) is 55.4. The first-order chi connectivity index (χ1) is 28.8. The molecule has 58 heavy (non-hydrogen) atoms. The number of hydrogen-bond donors (Lipinski definition) is 0. The molecule has 0 aromatic carbocycles. The molecule has 0 aromatic rings. The van der Waals surface area contributed by atoms with Crippen molar-refractivity contribution < 1.29 is 0 Å². The van der Waals surface area contributed by atoms with Crippen molar-refractivity contribution in [2.45, 2.75) is 366 Å². The van der Waals surface area contributed by atoms with Gasteiger partial charge in [0.05, 0.1) is 0 Å². The summed E-state index contributed by atoms with van der Waals surface area (Å²) in [5, 5.41) is 0. The van der Waals surface area contributed by atoms with Gasteiger partial charge in [-0.1, -0.05) is 366 Å². The van der Waals surface area contributed by atoms with E-state index in [1.807, 2.05) is 0 Å². The smallest absolute Gasteiger partial charge is 0.0367 e. The summed E-state index contributed by atoms with van der Waals surface area (Å²) in [4.78, 5) is 0. The van der Waals surface area contributed by atoms with E-state index in [0.717, 1.165) is 0 Å². The van der Waals surface area contributed by atoms with Crippen LogP contribution in [0.3, 0.4) is 0 Å². The molecule has 0 unspecified atom stereocenters. The van der Waals surface area contributed by atoms with Gasteiger partial charge in [0.25, 0.3) is 0 Å². The molecule has 0 aliphatic heterocycles. The van der Waals surface area contributed by atoms with Crippen molar-refractivity contribution >= 4 is 8.80 Å². The molecule has 0 heterocycles. The fourth-order valence-electron chi connectivity index (χ4n) is 9.91. The first kappa shape index (κ1) is 58.2. The third kappa shape index (κ3) is 52.4. The molecule has 0 bridgehead atoms. The summed E-state index contributed by atoms with van der Waals surface area (Å²) in [7, 11) is -0.518. The predicted molar refractivity (Wildman–Crippen MR) is 274 cm³/mol. The Labute approximate surface area is 373 Å². The highest BCUT2D eigenvalue weighted by atomic mass is 28.3. The summed E-state index contributed by atoms with van der Waals surface area (Å²) in [6.45, 7) is 6.97.